The molecule has 0 aromatic rings. The van der Waals surface area contributed by atoms with Gasteiger partial charge in [0.05, 0.1) is 0 Å². The van der Waals surface area contributed by atoms with E-state index in [2.05, 4.69) is 0 Å². The van der Waals surface area contributed by atoms with E-state index in [0.29, 0.717) is 0 Å². The highest BCUT2D eigenvalue weighted by Gasteiger charge is 1.84. The van der Waals surface area contributed by atoms with Crippen molar-refractivity contribution in [2.75, 3.05) is 0 Å². The first-order valence-corrected chi connectivity index (χ1v) is 5.45. The second-order valence-corrected chi connectivity index (χ2v) is 2.95. The number of carbonyl (C=O) groups is 1. The molecule has 2 heteroatoms. The molecule has 0 atom stereocenters. The number of allylic oxidation sites excluding steroid dienone is 7. The molecule has 0 aliphatic heterocycles. The van der Waals surface area contributed by atoms with Crippen molar-refractivity contribution in [2.45, 2.75) is 34.6 Å². The summed E-state index contributed by atoms with van der Waals surface area (Å²) in [6.45, 7) is 9.19. The summed E-state index contributed by atoms with van der Waals surface area (Å²) in [7, 11) is 0. The SMILES string of the molecule is CC.C\C=C/C(O)=C\C=C(C)\C=C\C(C)=O. The Morgan fingerprint density at radius 2 is 1.56 bits per heavy atom. The van der Waals surface area contributed by atoms with E-state index in [9.17, 15) is 9.90 Å². The Balaban J connectivity index is 0. The van der Waals surface area contributed by atoms with Gasteiger partial charge >= 0.3 is 0 Å². The molecule has 2 nitrogen and oxygen atoms in total. The molecule has 0 saturated heterocycles. The highest BCUT2D eigenvalue weighted by Crippen LogP contribution is 1.98. The van der Waals surface area contributed by atoms with Gasteiger partial charge in [0.25, 0.3) is 0 Å². The lowest BCUT2D eigenvalue weighted by Crippen LogP contribution is -1.80. The quantitative estimate of drug-likeness (QED) is 0.441. The Labute approximate surface area is 98.7 Å². The van der Waals surface area contributed by atoms with Crippen molar-refractivity contribution in [2.24, 2.45) is 0 Å². The fraction of sp³-hybridized carbons (Fsp3) is 0.357. The van der Waals surface area contributed by atoms with Crippen LogP contribution in [0.2, 0.25) is 0 Å². The van der Waals surface area contributed by atoms with E-state index in [4.69, 9.17) is 0 Å². The van der Waals surface area contributed by atoms with Crippen LogP contribution < -0.4 is 0 Å². The summed E-state index contributed by atoms with van der Waals surface area (Å²) in [6.07, 6.45) is 9.88. The molecule has 0 saturated carbocycles. The maximum Gasteiger partial charge on any atom is 0.152 e. The van der Waals surface area contributed by atoms with Crippen LogP contribution >= 0.6 is 0 Å². The molecule has 0 aliphatic carbocycles. The third kappa shape index (κ3) is 12.4. The van der Waals surface area contributed by atoms with Gasteiger partial charge in [0, 0.05) is 0 Å². The molecule has 0 rings (SSSR count). The van der Waals surface area contributed by atoms with E-state index in [-0.39, 0.29) is 11.5 Å². The molecule has 0 bridgehead atoms. The van der Waals surface area contributed by atoms with Gasteiger partial charge in [-0.15, -0.1) is 0 Å². The molecule has 0 radical (unpaired) electrons. The number of ketones is 1. The smallest absolute Gasteiger partial charge is 0.152 e. The predicted molar refractivity (Wildman–Crippen MR) is 70.5 cm³/mol. The Bertz CT molecular complexity index is 305. The van der Waals surface area contributed by atoms with E-state index >= 15 is 0 Å². The first kappa shape index (κ1) is 16.8. The van der Waals surface area contributed by atoms with Gasteiger partial charge in [0.15, 0.2) is 5.78 Å². The fourth-order valence-corrected chi connectivity index (χ4v) is 0.747. The molecule has 0 fully saturated rings. The predicted octanol–water partition coefficient (Wildman–Crippen LogP) is 4.12. The highest BCUT2D eigenvalue weighted by atomic mass is 16.3. The average Bonchev–Trinajstić information content (AvgIpc) is 2.26. The first-order chi connectivity index (χ1) is 7.56. The van der Waals surface area contributed by atoms with Gasteiger partial charge in [-0.3, -0.25) is 4.79 Å². The van der Waals surface area contributed by atoms with Crippen molar-refractivity contribution in [3.05, 3.63) is 47.8 Å². The summed E-state index contributed by atoms with van der Waals surface area (Å²) in [4.78, 5) is 10.6. The van der Waals surface area contributed by atoms with E-state index in [0.717, 1.165) is 5.57 Å². The second-order valence-electron chi connectivity index (χ2n) is 2.95. The van der Waals surface area contributed by atoms with Gasteiger partial charge in [0.1, 0.15) is 5.76 Å². The Kier molecular flexibility index (Phi) is 12.1. The monoisotopic (exact) mass is 222 g/mol. The van der Waals surface area contributed by atoms with Crippen LogP contribution in [-0.2, 0) is 4.79 Å². The third-order valence-electron chi connectivity index (χ3n) is 1.44. The molecule has 0 heterocycles. The number of aliphatic hydroxyl groups is 1. The van der Waals surface area contributed by atoms with Crippen molar-refractivity contribution in [3.8, 4) is 0 Å². The second kappa shape index (κ2) is 11.5. The summed E-state index contributed by atoms with van der Waals surface area (Å²) in [5, 5.41) is 9.21. The van der Waals surface area contributed by atoms with Crippen LogP contribution in [0.3, 0.4) is 0 Å². The lowest BCUT2D eigenvalue weighted by molar-refractivity contribution is -0.112. The maximum absolute atomic E-state index is 10.6. The van der Waals surface area contributed by atoms with E-state index in [1.165, 1.54) is 13.0 Å². The van der Waals surface area contributed by atoms with Crippen LogP contribution in [0, 0.1) is 0 Å². The number of rotatable bonds is 4. The number of aliphatic hydroxyl groups excluding tert-OH is 1. The zero-order valence-electron chi connectivity index (χ0n) is 10.8. The standard InChI is InChI=1S/C12H16O2.C2H6/c1-4-5-12(14)9-7-10(2)6-8-11(3)13;1-2/h4-9,14H,1-3H3;1-2H3/b5-4-,8-6+,10-7+,12-9+;. The molecular weight excluding hydrogens is 200 g/mol. The topological polar surface area (TPSA) is 37.3 Å². The van der Waals surface area contributed by atoms with Gasteiger partial charge in [-0.25, -0.2) is 0 Å². The van der Waals surface area contributed by atoms with Gasteiger partial charge < -0.3 is 5.11 Å². The van der Waals surface area contributed by atoms with Crippen LogP contribution in [0.4, 0.5) is 0 Å². The highest BCUT2D eigenvalue weighted by molar-refractivity contribution is 5.87. The van der Waals surface area contributed by atoms with E-state index < -0.39 is 0 Å². The lowest BCUT2D eigenvalue weighted by atomic mass is 10.2. The minimum Gasteiger partial charge on any atom is -0.508 e. The number of hydrogen-bond donors (Lipinski definition) is 1. The minimum atomic E-state index is 0.0133. The van der Waals surface area contributed by atoms with Crippen LogP contribution in [0.1, 0.15) is 34.6 Å². The molecule has 1 N–H and O–H groups in total. The van der Waals surface area contributed by atoms with E-state index in [1.807, 2.05) is 27.7 Å². The normalized spacial score (nSPS) is 12.8. The maximum atomic E-state index is 10.6. The average molecular weight is 222 g/mol. The van der Waals surface area contributed by atoms with Gasteiger partial charge in [-0.2, -0.15) is 0 Å². The van der Waals surface area contributed by atoms with Gasteiger partial charge in [-0.05, 0) is 39.0 Å². The van der Waals surface area contributed by atoms with Crippen LogP contribution in [0.25, 0.3) is 0 Å². The third-order valence-corrected chi connectivity index (χ3v) is 1.44. The molecule has 0 aromatic carbocycles. The summed E-state index contributed by atoms with van der Waals surface area (Å²) in [5.41, 5.74) is 0.913. The fourth-order valence-electron chi connectivity index (χ4n) is 0.747. The van der Waals surface area contributed by atoms with Crippen molar-refractivity contribution in [1.82, 2.24) is 0 Å². The molecule has 0 aromatic heterocycles. The van der Waals surface area contributed by atoms with Crippen molar-refractivity contribution >= 4 is 5.78 Å². The zero-order chi connectivity index (χ0) is 13.0. The zero-order valence-corrected chi connectivity index (χ0v) is 10.8. The molecule has 0 spiro atoms. The molecule has 0 amide bonds. The number of hydrogen-bond acceptors (Lipinski definition) is 2. The first-order valence-electron chi connectivity index (χ1n) is 5.45. The minimum absolute atomic E-state index is 0.0133. The van der Waals surface area contributed by atoms with Crippen LogP contribution in [-0.4, -0.2) is 10.9 Å². The Hall–Kier alpha value is -1.57. The summed E-state index contributed by atoms with van der Waals surface area (Å²) >= 11 is 0. The van der Waals surface area contributed by atoms with Crippen molar-refractivity contribution in [3.63, 3.8) is 0 Å². The largest absolute Gasteiger partial charge is 0.508 e. The van der Waals surface area contributed by atoms with Gasteiger partial charge in [0.2, 0.25) is 0 Å². The van der Waals surface area contributed by atoms with Crippen molar-refractivity contribution in [1.29, 1.82) is 0 Å². The Morgan fingerprint density at radius 1 is 1.00 bits per heavy atom. The summed E-state index contributed by atoms with van der Waals surface area (Å²) in [6, 6.07) is 0. The molecule has 0 unspecified atom stereocenters. The summed E-state index contributed by atoms with van der Waals surface area (Å²) in [5.74, 6) is 0.211. The molecule has 90 valence electrons. The van der Waals surface area contributed by atoms with Gasteiger partial charge in [-0.1, -0.05) is 37.6 Å². The molecule has 0 aliphatic rings. The summed E-state index contributed by atoms with van der Waals surface area (Å²) < 4.78 is 0. The van der Waals surface area contributed by atoms with Crippen LogP contribution in [0.5, 0.6) is 0 Å². The lowest BCUT2D eigenvalue weighted by Gasteiger charge is -1.89. The number of carbonyl (C=O) groups excluding carboxylic acids is 1. The van der Waals surface area contributed by atoms with Crippen LogP contribution in [0.15, 0.2) is 47.8 Å². The molecular formula is C14H22O2. The van der Waals surface area contributed by atoms with E-state index in [1.54, 1.807) is 30.4 Å². The molecule has 16 heavy (non-hydrogen) atoms. The van der Waals surface area contributed by atoms with Crippen molar-refractivity contribution < 1.29 is 9.90 Å². The Morgan fingerprint density at radius 3 is 2.00 bits per heavy atom.